The van der Waals surface area contributed by atoms with Crippen LogP contribution in [0.3, 0.4) is 0 Å². The topological polar surface area (TPSA) is 122 Å². The average molecular weight is 872 g/mol. The Morgan fingerprint density at radius 1 is 0.984 bits per heavy atom. The van der Waals surface area contributed by atoms with Crippen molar-refractivity contribution in [3.63, 3.8) is 0 Å². The molecule has 6 aliphatic rings. The van der Waals surface area contributed by atoms with Crippen molar-refractivity contribution in [1.29, 1.82) is 0 Å². The molecule has 4 fully saturated rings. The van der Waals surface area contributed by atoms with Crippen LogP contribution in [0.15, 0.2) is 71.9 Å². The number of rotatable bonds is 23. The fraction of sp³-hybridized carbons (Fsp3) is 0.647. The van der Waals surface area contributed by atoms with Gasteiger partial charge in [0, 0.05) is 70.1 Å². The van der Waals surface area contributed by atoms with E-state index in [0.29, 0.717) is 50.6 Å². The molecule has 0 bridgehead atoms. The molecule has 7 atom stereocenters. The molecule has 3 aliphatic heterocycles. The fourth-order valence-corrected chi connectivity index (χ4v) is 11.2. The van der Waals surface area contributed by atoms with Crippen LogP contribution in [0.2, 0.25) is 0 Å². The number of allylic oxidation sites excluding steroid dienone is 1. The zero-order valence-corrected chi connectivity index (χ0v) is 37.2. The highest BCUT2D eigenvalue weighted by atomic mass is 19.1. The first-order chi connectivity index (χ1) is 30.9. The van der Waals surface area contributed by atoms with Crippen molar-refractivity contribution in [2.75, 3.05) is 52.7 Å². The first kappa shape index (κ1) is 45.7. The van der Waals surface area contributed by atoms with Crippen LogP contribution in [0.25, 0.3) is 0 Å². The molecule has 1 amide bonds. The summed E-state index contributed by atoms with van der Waals surface area (Å²) in [5.41, 5.74) is 3.57. The van der Waals surface area contributed by atoms with Crippen molar-refractivity contribution in [3.05, 3.63) is 83.7 Å². The van der Waals surface area contributed by atoms with Gasteiger partial charge in [-0.1, -0.05) is 68.0 Å². The van der Waals surface area contributed by atoms with Gasteiger partial charge in [-0.3, -0.25) is 9.69 Å². The monoisotopic (exact) mass is 872 g/mol. The largest absolute Gasteiger partial charge is 0.492 e. The second kappa shape index (κ2) is 21.9. The minimum Gasteiger partial charge on any atom is -0.492 e. The first-order valence-corrected chi connectivity index (χ1v) is 24.2. The van der Waals surface area contributed by atoms with Gasteiger partial charge in [0.2, 0.25) is 18.0 Å². The Balaban J connectivity index is 1.29. The van der Waals surface area contributed by atoms with E-state index in [1.165, 1.54) is 25.0 Å². The number of fused-ring (bicyclic) bond motifs is 2. The lowest BCUT2D eigenvalue weighted by Crippen LogP contribution is -2.70. The summed E-state index contributed by atoms with van der Waals surface area (Å²) in [5.74, 6) is -0.124. The predicted molar refractivity (Wildman–Crippen MR) is 240 cm³/mol. The van der Waals surface area contributed by atoms with Gasteiger partial charge in [-0.2, -0.15) is 0 Å². The van der Waals surface area contributed by atoms with Gasteiger partial charge >= 0.3 is 0 Å². The highest BCUT2D eigenvalue weighted by molar-refractivity contribution is 6.03. The van der Waals surface area contributed by atoms with E-state index in [4.69, 9.17) is 28.9 Å². The maximum Gasteiger partial charge on any atom is 0.239 e. The molecule has 2 saturated carbocycles. The number of hydrogen-bond acceptors (Lipinski definition) is 10. The molecule has 0 spiro atoms. The number of halogens is 1. The van der Waals surface area contributed by atoms with Gasteiger partial charge in [0.25, 0.3) is 0 Å². The molecule has 3 heterocycles. The third-order valence-corrected chi connectivity index (χ3v) is 14.5. The van der Waals surface area contributed by atoms with Gasteiger partial charge in [0.1, 0.15) is 30.0 Å². The number of aliphatic hydroxyl groups is 2. The predicted octanol–water partition coefficient (Wildman–Crippen LogP) is 8.68. The lowest BCUT2D eigenvalue weighted by Gasteiger charge is -2.60. The van der Waals surface area contributed by atoms with E-state index >= 15 is 4.79 Å². The standard InChI is InChI=1S/C51H70FN3O8/c1-2-29-61-51-46(55(35-37-16-19-39(52)20-17-37)47(58)23-18-36-11-3-4-12-36)34-44(53-63-48-15-7-10-30-60-48)42-32-38(13-5-8-27-56)41(14-6-9-28-57)49(50(42)51)43-33-40(21-22-45(43)62-51)59-31-26-54-24-25-54/h2,16-17,19-22,32-33,36,38,41,46,48-50,56-57H,1,3-15,18,23-31,34-35H2/t38-,41+,46-,48?,49+,50+,51+/m0/s1. The second-order valence-electron chi connectivity index (χ2n) is 18.7. The number of ether oxygens (including phenoxy) is 4. The quantitative estimate of drug-likeness (QED) is 0.0489. The van der Waals surface area contributed by atoms with E-state index in [0.717, 1.165) is 112 Å². The van der Waals surface area contributed by atoms with E-state index in [1.54, 1.807) is 18.2 Å². The summed E-state index contributed by atoms with van der Waals surface area (Å²) in [6.45, 7) is 8.99. The fourth-order valence-electron chi connectivity index (χ4n) is 11.2. The van der Waals surface area contributed by atoms with E-state index < -0.39 is 24.0 Å². The molecular weight excluding hydrogens is 802 g/mol. The van der Waals surface area contributed by atoms with Crippen LogP contribution in [-0.4, -0.2) is 102 Å². The molecule has 2 aromatic carbocycles. The highest BCUT2D eigenvalue weighted by Gasteiger charge is 2.65. The third kappa shape index (κ3) is 11.0. The summed E-state index contributed by atoms with van der Waals surface area (Å²) in [4.78, 5) is 25.8. The number of aliphatic hydroxyl groups excluding tert-OH is 2. The second-order valence-corrected chi connectivity index (χ2v) is 18.7. The summed E-state index contributed by atoms with van der Waals surface area (Å²) in [7, 11) is 0. The van der Waals surface area contributed by atoms with Gasteiger partial charge in [-0.05, 0) is 104 Å². The van der Waals surface area contributed by atoms with Crippen molar-refractivity contribution in [2.24, 2.45) is 28.8 Å². The van der Waals surface area contributed by atoms with Crippen LogP contribution in [0, 0.1) is 29.5 Å². The van der Waals surface area contributed by atoms with E-state index in [9.17, 15) is 14.6 Å². The highest BCUT2D eigenvalue weighted by Crippen LogP contribution is 2.62. The molecule has 2 aromatic rings. The lowest BCUT2D eigenvalue weighted by molar-refractivity contribution is -0.258. The smallest absolute Gasteiger partial charge is 0.239 e. The lowest BCUT2D eigenvalue weighted by atomic mass is 9.55. The Kier molecular flexibility index (Phi) is 15.9. The molecule has 2 saturated heterocycles. The molecule has 12 heteroatoms. The van der Waals surface area contributed by atoms with E-state index in [1.807, 2.05) is 17.0 Å². The van der Waals surface area contributed by atoms with Crippen molar-refractivity contribution in [2.45, 2.75) is 133 Å². The third-order valence-electron chi connectivity index (χ3n) is 14.5. The Morgan fingerprint density at radius 3 is 2.49 bits per heavy atom. The molecule has 0 radical (unpaired) electrons. The zero-order valence-electron chi connectivity index (χ0n) is 37.2. The van der Waals surface area contributed by atoms with Crippen LogP contribution in [0.1, 0.15) is 120 Å². The summed E-state index contributed by atoms with van der Waals surface area (Å²) < 4.78 is 41.6. The van der Waals surface area contributed by atoms with Crippen LogP contribution in [-0.2, 0) is 25.7 Å². The van der Waals surface area contributed by atoms with E-state index in [2.05, 4.69) is 23.6 Å². The Labute approximate surface area is 373 Å². The summed E-state index contributed by atoms with van der Waals surface area (Å²) in [6.07, 6.45) is 17.2. The summed E-state index contributed by atoms with van der Waals surface area (Å²) in [5, 5.41) is 25.0. The number of oxime groups is 1. The molecule has 3 aliphatic carbocycles. The molecule has 1 unspecified atom stereocenters. The van der Waals surface area contributed by atoms with Gasteiger partial charge in [-0.25, -0.2) is 4.39 Å². The maximum absolute atomic E-state index is 15.2. The number of amides is 1. The minimum absolute atomic E-state index is 0.000558. The first-order valence-electron chi connectivity index (χ1n) is 24.2. The number of nitrogens with zero attached hydrogens (tertiary/aromatic N) is 3. The Morgan fingerprint density at radius 2 is 1.76 bits per heavy atom. The summed E-state index contributed by atoms with van der Waals surface area (Å²) >= 11 is 0. The molecule has 8 rings (SSSR count). The van der Waals surface area contributed by atoms with Crippen LogP contribution >= 0.6 is 0 Å². The van der Waals surface area contributed by atoms with Crippen molar-refractivity contribution >= 4 is 11.6 Å². The normalized spacial score (nSPS) is 28.4. The van der Waals surface area contributed by atoms with Crippen LogP contribution in [0.4, 0.5) is 4.39 Å². The van der Waals surface area contributed by atoms with Gasteiger partial charge < -0.3 is 38.9 Å². The summed E-state index contributed by atoms with van der Waals surface area (Å²) in [6, 6.07) is 11.9. The molecule has 63 heavy (non-hydrogen) atoms. The maximum atomic E-state index is 15.2. The van der Waals surface area contributed by atoms with Gasteiger partial charge in [0.15, 0.2) is 0 Å². The minimum atomic E-state index is -1.38. The molecular formula is C51H70FN3O8. The average Bonchev–Trinajstić information content (AvgIpc) is 3.98. The molecule has 0 aromatic heterocycles. The van der Waals surface area contributed by atoms with Crippen LogP contribution < -0.4 is 9.47 Å². The van der Waals surface area contributed by atoms with Crippen molar-refractivity contribution in [3.8, 4) is 11.5 Å². The van der Waals surface area contributed by atoms with Crippen molar-refractivity contribution < 1.29 is 43.2 Å². The van der Waals surface area contributed by atoms with Gasteiger partial charge in [-0.15, -0.1) is 6.58 Å². The SMILES string of the molecule is C=CCO[C@@]12Oc3ccc(OCCN4CC4)cc3[C@H]3[C@H](CCCCO)[C@@H](CCCCO)C=C(C(=NOC4CCCCO4)C[C@@H]1N(Cc1ccc(F)cc1)C(=O)CCC1CCCC1)[C@H]32. The number of benzene rings is 2. The molecule has 2 N–H and O–H groups in total. The van der Waals surface area contributed by atoms with Crippen LogP contribution in [0.5, 0.6) is 11.5 Å². The number of unbranched alkanes of at least 4 members (excludes halogenated alkanes) is 2. The Bertz CT molecular complexity index is 1880. The zero-order chi connectivity index (χ0) is 43.6. The molecule has 11 nitrogen and oxygen atoms in total. The molecule has 344 valence electrons. The Hall–Kier alpha value is -3.81. The number of carbonyl (C=O) groups excluding carboxylic acids is 1. The van der Waals surface area contributed by atoms with Gasteiger partial charge in [0.05, 0.1) is 24.8 Å². The number of hydrogen-bond donors (Lipinski definition) is 2. The van der Waals surface area contributed by atoms with E-state index in [-0.39, 0.29) is 55.8 Å². The number of carbonyl (C=O) groups is 1. The van der Waals surface area contributed by atoms with Crippen molar-refractivity contribution in [1.82, 2.24) is 9.80 Å².